The second kappa shape index (κ2) is 9.37. The molecule has 3 aromatic carbocycles. The summed E-state index contributed by atoms with van der Waals surface area (Å²) in [6, 6.07) is 24.5. The molecule has 1 aromatic heterocycles. The van der Waals surface area contributed by atoms with Crippen molar-refractivity contribution in [2.45, 2.75) is 6.54 Å². The van der Waals surface area contributed by atoms with Crippen LogP contribution in [-0.2, 0) is 11.3 Å². The Morgan fingerprint density at radius 2 is 1.67 bits per heavy atom. The van der Waals surface area contributed by atoms with Crippen LogP contribution in [0.4, 0.5) is 0 Å². The third kappa shape index (κ3) is 4.93. The van der Waals surface area contributed by atoms with Crippen LogP contribution in [0.25, 0.3) is 22.8 Å². The Kier molecular flexibility index (Phi) is 6.20. The van der Waals surface area contributed by atoms with E-state index < -0.39 is 0 Å². The van der Waals surface area contributed by atoms with E-state index in [2.05, 4.69) is 31.4 Å². The lowest BCUT2D eigenvalue weighted by Crippen LogP contribution is -2.28. The number of nitrogens with zero attached hydrogens (tertiary/aromatic N) is 2. The van der Waals surface area contributed by atoms with Crippen molar-refractivity contribution in [2.24, 2.45) is 0 Å². The highest BCUT2D eigenvalue weighted by Gasteiger charge is 2.11. The molecule has 0 aliphatic rings. The average molecular weight is 464 g/mol. The molecule has 150 valence electrons. The summed E-state index contributed by atoms with van der Waals surface area (Å²) in [6.07, 6.45) is 0. The number of ether oxygens (including phenoxy) is 1. The molecule has 7 heteroatoms. The smallest absolute Gasteiger partial charge is 0.258 e. The minimum Gasteiger partial charge on any atom is -0.484 e. The van der Waals surface area contributed by atoms with Crippen LogP contribution in [0.2, 0.25) is 0 Å². The monoisotopic (exact) mass is 463 g/mol. The summed E-state index contributed by atoms with van der Waals surface area (Å²) >= 11 is 3.46. The molecule has 0 aliphatic carbocycles. The Morgan fingerprint density at radius 3 is 2.43 bits per heavy atom. The molecular formula is C23H18BrN3O3. The van der Waals surface area contributed by atoms with Crippen molar-refractivity contribution in [1.29, 1.82) is 0 Å². The number of amides is 1. The summed E-state index contributed by atoms with van der Waals surface area (Å²) in [7, 11) is 0. The molecule has 30 heavy (non-hydrogen) atoms. The molecule has 0 fully saturated rings. The van der Waals surface area contributed by atoms with Crippen molar-refractivity contribution in [3.63, 3.8) is 0 Å². The maximum atomic E-state index is 12.0. The zero-order chi connectivity index (χ0) is 20.8. The Balaban J connectivity index is 1.31. The van der Waals surface area contributed by atoms with Crippen molar-refractivity contribution in [3.8, 4) is 28.6 Å². The van der Waals surface area contributed by atoms with Crippen LogP contribution in [0.1, 0.15) is 5.56 Å². The fourth-order valence-corrected chi connectivity index (χ4v) is 3.20. The Labute approximate surface area is 182 Å². The van der Waals surface area contributed by atoms with E-state index in [1.807, 2.05) is 66.7 Å². The van der Waals surface area contributed by atoms with Gasteiger partial charge in [0.25, 0.3) is 11.8 Å². The molecule has 4 aromatic rings. The van der Waals surface area contributed by atoms with Gasteiger partial charge in [-0.2, -0.15) is 4.98 Å². The molecule has 6 nitrogen and oxygen atoms in total. The molecule has 0 saturated heterocycles. The molecule has 1 amide bonds. The van der Waals surface area contributed by atoms with Crippen molar-refractivity contribution < 1.29 is 14.1 Å². The molecule has 1 heterocycles. The first-order chi connectivity index (χ1) is 14.7. The van der Waals surface area contributed by atoms with Gasteiger partial charge in [-0.1, -0.05) is 69.6 Å². The number of carbonyl (C=O) groups excluding carboxylic acids is 1. The van der Waals surface area contributed by atoms with Gasteiger partial charge in [-0.15, -0.1) is 0 Å². The third-order valence-electron chi connectivity index (χ3n) is 4.36. The predicted octanol–water partition coefficient (Wildman–Crippen LogP) is 4.86. The quantitative estimate of drug-likeness (QED) is 0.423. The van der Waals surface area contributed by atoms with E-state index in [1.54, 1.807) is 12.1 Å². The fourth-order valence-electron chi connectivity index (χ4n) is 2.77. The Bertz CT molecular complexity index is 1130. The molecule has 0 saturated carbocycles. The van der Waals surface area contributed by atoms with Crippen LogP contribution in [0.5, 0.6) is 5.75 Å². The number of hydrogen-bond donors (Lipinski definition) is 1. The van der Waals surface area contributed by atoms with E-state index >= 15 is 0 Å². The van der Waals surface area contributed by atoms with E-state index in [0.717, 1.165) is 21.2 Å². The molecular weight excluding hydrogens is 446 g/mol. The highest BCUT2D eigenvalue weighted by Crippen LogP contribution is 2.24. The normalized spacial score (nSPS) is 10.6. The van der Waals surface area contributed by atoms with Gasteiger partial charge < -0.3 is 14.6 Å². The van der Waals surface area contributed by atoms with Gasteiger partial charge in [0.15, 0.2) is 6.61 Å². The van der Waals surface area contributed by atoms with E-state index in [-0.39, 0.29) is 12.5 Å². The van der Waals surface area contributed by atoms with E-state index in [4.69, 9.17) is 9.26 Å². The van der Waals surface area contributed by atoms with E-state index in [0.29, 0.717) is 24.0 Å². The predicted molar refractivity (Wildman–Crippen MR) is 117 cm³/mol. The number of carbonyl (C=O) groups is 1. The topological polar surface area (TPSA) is 77.2 Å². The summed E-state index contributed by atoms with van der Waals surface area (Å²) in [6.45, 7) is 0.367. The van der Waals surface area contributed by atoms with E-state index in [9.17, 15) is 4.79 Å². The standard InChI is InChI=1S/C23H18BrN3O3/c24-20-9-5-4-8-18(20)14-25-21(28)15-29-19-12-10-17(11-13-19)23-26-22(27-30-23)16-6-2-1-3-7-16/h1-13H,14-15H2,(H,25,28). The summed E-state index contributed by atoms with van der Waals surface area (Å²) in [5.41, 5.74) is 2.67. The van der Waals surface area contributed by atoms with Gasteiger partial charge in [0.05, 0.1) is 0 Å². The Morgan fingerprint density at radius 1 is 0.933 bits per heavy atom. The minimum absolute atomic E-state index is 0.0670. The zero-order valence-electron chi connectivity index (χ0n) is 15.9. The van der Waals surface area contributed by atoms with Gasteiger partial charge >= 0.3 is 0 Å². The van der Waals surface area contributed by atoms with Gasteiger partial charge in [0.2, 0.25) is 5.82 Å². The average Bonchev–Trinajstić information content (AvgIpc) is 3.28. The maximum Gasteiger partial charge on any atom is 0.258 e. The number of benzene rings is 3. The van der Waals surface area contributed by atoms with Gasteiger partial charge in [0.1, 0.15) is 5.75 Å². The van der Waals surface area contributed by atoms with Crippen molar-refractivity contribution >= 4 is 21.8 Å². The number of halogens is 1. The highest BCUT2D eigenvalue weighted by molar-refractivity contribution is 9.10. The summed E-state index contributed by atoms with van der Waals surface area (Å²) in [5, 5.41) is 6.86. The second-order valence-electron chi connectivity index (χ2n) is 6.47. The molecule has 1 N–H and O–H groups in total. The van der Waals surface area contributed by atoms with Gasteiger partial charge in [-0.3, -0.25) is 4.79 Å². The fraction of sp³-hybridized carbons (Fsp3) is 0.0870. The molecule has 4 rings (SSSR count). The third-order valence-corrected chi connectivity index (χ3v) is 5.14. The first-order valence-corrected chi connectivity index (χ1v) is 10.1. The summed E-state index contributed by atoms with van der Waals surface area (Å²) in [4.78, 5) is 16.5. The van der Waals surface area contributed by atoms with Crippen LogP contribution in [0.3, 0.4) is 0 Å². The van der Waals surface area contributed by atoms with Crippen molar-refractivity contribution in [1.82, 2.24) is 15.5 Å². The lowest BCUT2D eigenvalue weighted by atomic mass is 10.2. The van der Waals surface area contributed by atoms with Crippen LogP contribution < -0.4 is 10.1 Å². The molecule has 0 bridgehead atoms. The number of aromatic nitrogens is 2. The first kappa shape index (κ1) is 19.8. The molecule has 0 spiro atoms. The number of nitrogens with one attached hydrogen (secondary N) is 1. The van der Waals surface area contributed by atoms with Gasteiger partial charge in [-0.25, -0.2) is 0 Å². The maximum absolute atomic E-state index is 12.0. The van der Waals surface area contributed by atoms with Crippen molar-refractivity contribution in [2.75, 3.05) is 6.61 Å². The SMILES string of the molecule is O=C(COc1ccc(-c2nc(-c3ccccc3)no2)cc1)NCc1ccccc1Br. The lowest BCUT2D eigenvalue weighted by Gasteiger charge is -2.09. The molecule has 0 unspecified atom stereocenters. The van der Waals surface area contributed by atoms with Crippen LogP contribution in [0.15, 0.2) is 87.9 Å². The van der Waals surface area contributed by atoms with Crippen LogP contribution in [-0.4, -0.2) is 22.7 Å². The molecule has 0 aliphatic heterocycles. The number of hydrogen-bond acceptors (Lipinski definition) is 5. The molecule has 0 radical (unpaired) electrons. The van der Waals surface area contributed by atoms with E-state index in [1.165, 1.54) is 0 Å². The Hall–Kier alpha value is -3.45. The van der Waals surface area contributed by atoms with Gasteiger partial charge in [0, 0.05) is 22.1 Å². The van der Waals surface area contributed by atoms with Crippen molar-refractivity contribution in [3.05, 3.63) is 88.9 Å². The summed E-state index contributed by atoms with van der Waals surface area (Å²) in [5.74, 6) is 1.34. The lowest BCUT2D eigenvalue weighted by molar-refractivity contribution is -0.123. The zero-order valence-corrected chi connectivity index (χ0v) is 17.5. The number of rotatable bonds is 7. The molecule has 0 atom stereocenters. The minimum atomic E-state index is -0.195. The van der Waals surface area contributed by atoms with Crippen LogP contribution >= 0.6 is 15.9 Å². The van der Waals surface area contributed by atoms with Crippen LogP contribution in [0, 0.1) is 0 Å². The second-order valence-corrected chi connectivity index (χ2v) is 7.32. The summed E-state index contributed by atoms with van der Waals surface area (Å²) < 4.78 is 11.9. The first-order valence-electron chi connectivity index (χ1n) is 9.31. The van der Waals surface area contributed by atoms with Gasteiger partial charge in [-0.05, 0) is 35.9 Å². The highest BCUT2D eigenvalue weighted by atomic mass is 79.9. The largest absolute Gasteiger partial charge is 0.484 e.